The Bertz CT molecular complexity index is 348. The lowest BCUT2D eigenvalue weighted by atomic mass is 9.99. The molecule has 0 spiro atoms. The minimum Gasteiger partial charge on any atom is -0.319 e. The second-order valence-corrected chi connectivity index (χ2v) is 3.94. The zero-order chi connectivity index (χ0) is 13.1. The number of aryl methyl sites for hydroxylation is 1. The predicted octanol–water partition coefficient (Wildman–Crippen LogP) is 3.54. The predicted molar refractivity (Wildman–Crippen MR) is 58.3 cm³/mol. The summed E-state index contributed by atoms with van der Waals surface area (Å²) in [7, 11) is 0. The van der Waals surface area contributed by atoms with Crippen molar-refractivity contribution in [2.75, 3.05) is 0 Å². The summed E-state index contributed by atoms with van der Waals surface area (Å²) in [4.78, 5) is 0. The third kappa shape index (κ3) is 3.19. The lowest BCUT2D eigenvalue weighted by molar-refractivity contribution is -0.144. The molecule has 5 heteroatoms. The normalized spacial score (nSPS) is 14.1. The summed E-state index contributed by atoms with van der Waals surface area (Å²) in [5.74, 6) is -4.20. The first-order valence-electron chi connectivity index (χ1n) is 5.40. The minimum absolute atomic E-state index is 0.0233. The Morgan fingerprint density at radius 3 is 2.12 bits per heavy atom. The van der Waals surface area contributed by atoms with Crippen molar-refractivity contribution in [3.63, 3.8) is 0 Å². The van der Waals surface area contributed by atoms with Crippen molar-refractivity contribution in [2.24, 2.45) is 5.73 Å². The van der Waals surface area contributed by atoms with Gasteiger partial charge >= 0.3 is 12.3 Å². The molecule has 1 atom stereocenters. The molecular formula is C12H15F4N. The summed E-state index contributed by atoms with van der Waals surface area (Å²) in [6.45, 7) is 1.99. The van der Waals surface area contributed by atoms with Crippen LogP contribution in [0.4, 0.5) is 17.6 Å². The Morgan fingerprint density at radius 2 is 1.71 bits per heavy atom. The molecule has 0 bridgehead atoms. The van der Waals surface area contributed by atoms with Gasteiger partial charge in [-0.05, 0) is 17.5 Å². The molecule has 1 nitrogen and oxygen atoms in total. The highest BCUT2D eigenvalue weighted by molar-refractivity contribution is 5.26. The highest BCUT2D eigenvalue weighted by Crippen LogP contribution is 2.34. The first-order chi connectivity index (χ1) is 7.89. The Morgan fingerprint density at radius 1 is 1.18 bits per heavy atom. The largest absolute Gasteiger partial charge is 0.326 e. The molecular weight excluding hydrogens is 234 g/mol. The summed E-state index contributed by atoms with van der Waals surface area (Å²) in [5.41, 5.74) is 6.17. The Labute approximate surface area is 97.6 Å². The zero-order valence-corrected chi connectivity index (χ0v) is 9.47. The van der Waals surface area contributed by atoms with Crippen molar-refractivity contribution in [1.29, 1.82) is 0 Å². The van der Waals surface area contributed by atoms with Crippen molar-refractivity contribution in [1.82, 2.24) is 0 Å². The van der Waals surface area contributed by atoms with Gasteiger partial charge in [0, 0.05) is 0 Å². The van der Waals surface area contributed by atoms with Crippen molar-refractivity contribution in [3.8, 4) is 0 Å². The van der Waals surface area contributed by atoms with E-state index in [1.807, 2.05) is 6.92 Å². The van der Waals surface area contributed by atoms with Crippen molar-refractivity contribution in [3.05, 3.63) is 35.4 Å². The van der Waals surface area contributed by atoms with E-state index in [2.05, 4.69) is 0 Å². The standard InChI is InChI=1S/C12H15F4N/c1-2-3-8-4-6-9(7-5-8)10(17)12(15,16)11(13)14/h4-7,10-11H,2-3,17H2,1H3. The number of nitrogens with two attached hydrogens (primary N) is 1. The number of halogens is 4. The second kappa shape index (κ2) is 5.49. The third-order valence-electron chi connectivity index (χ3n) is 2.58. The summed E-state index contributed by atoms with van der Waals surface area (Å²) >= 11 is 0. The van der Waals surface area contributed by atoms with E-state index in [1.54, 1.807) is 12.1 Å². The molecule has 0 aromatic heterocycles. The smallest absolute Gasteiger partial charge is 0.319 e. The van der Waals surface area contributed by atoms with Crippen molar-refractivity contribution >= 4 is 0 Å². The minimum atomic E-state index is -4.20. The van der Waals surface area contributed by atoms with Crippen LogP contribution in [0.5, 0.6) is 0 Å². The Kier molecular flexibility index (Phi) is 4.51. The van der Waals surface area contributed by atoms with Crippen LogP contribution in [0, 0.1) is 0 Å². The maximum absolute atomic E-state index is 13.0. The molecule has 1 aromatic carbocycles. The van der Waals surface area contributed by atoms with Crippen LogP contribution in [0.2, 0.25) is 0 Å². The lowest BCUT2D eigenvalue weighted by Crippen LogP contribution is -2.39. The second-order valence-electron chi connectivity index (χ2n) is 3.94. The van der Waals surface area contributed by atoms with Gasteiger partial charge in [-0.25, -0.2) is 8.78 Å². The topological polar surface area (TPSA) is 26.0 Å². The zero-order valence-electron chi connectivity index (χ0n) is 9.47. The molecule has 0 fully saturated rings. The van der Waals surface area contributed by atoms with E-state index in [-0.39, 0.29) is 5.56 Å². The van der Waals surface area contributed by atoms with Gasteiger partial charge in [0.15, 0.2) is 0 Å². The maximum Gasteiger partial charge on any atom is 0.326 e. The number of benzene rings is 1. The van der Waals surface area contributed by atoms with Gasteiger partial charge in [-0.15, -0.1) is 0 Å². The molecule has 0 aliphatic heterocycles. The molecule has 96 valence electrons. The van der Waals surface area contributed by atoms with E-state index in [4.69, 9.17) is 5.73 Å². The number of rotatable bonds is 5. The summed E-state index contributed by atoms with van der Waals surface area (Å²) in [5, 5.41) is 0. The van der Waals surface area contributed by atoms with Crippen LogP contribution in [0.1, 0.15) is 30.5 Å². The van der Waals surface area contributed by atoms with Gasteiger partial charge in [0.05, 0.1) is 0 Å². The van der Waals surface area contributed by atoms with Crippen LogP contribution in [0.15, 0.2) is 24.3 Å². The average molecular weight is 249 g/mol. The fourth-order valence-corrected chi connectivity index (χ4v) is 1.54. The van der Waals surface area contributed by atoms with Crippen molar-refractivity contribution < 1.29 is 17.6 Å². The molecule has 1 unspecified atom stereocenters. The van der Waals surface area contributed by atoms with Gasteiger partial charge in [-0.1, -0.05) is 37.6 Å². The Hall–Kier alpha value is -1.10. The van der Waals surface area contributed by atoms with E-state index in [0.717, 1.165) is 18.4 Å². The number of alkyl halides is 4. The first kappa shape index (κ1) is 14.0. The fourth-order valence-electron chi connectivity index (χ4n) is 1.54. The quantitative estimate of drug-likeness (QED) is 0.793. The molecule has 0 heterocycles. The molecule has 0 saturated carbocycles. The van der Waals surface area contributed by atoms with E-state index in [9.17, 15) is 17.6 Å². The van der Waals surface area contributed by atoms with Gasteiger partial charge in [-0.3, -0.25) is 0 Å². The molecule has 0 aliphatic rings. The van der Waals surface area contributed by atoms with Gasteiger partial charge < -0.3 is 5.73 Å². The molecule has 1 aromatic rings. The summed E-state index contributed by atoms with van der Waals surface area (Å²) in [6.07, 6.45) is -2.01. The maximum atomic E-state index is 13.0. The van der Waals surface area contributed by atoms with E-state index >= 15 is 0 Å². The van der Waals surface area contributed by atoms with Crippen molar-refractivity contribution in [2.45, 2.75) is 38.2 Å². The highest BCUT2D eigenvalue weighted by atomic mass is 19.3. The lowest BCUT2D eigenvalue weighted by Gasteiger charge is -2.23. The third-order valence-corrected chi connectivity index (χ3v) is 2.58. The molecule has 2 N–H and O–H groups in total. The summed E-state index contributed by atoms with van der Waals surface area (Å²) < 4.78 is 50.2. The van der Waals surface area contributed by atoms with Gasteiger partial charge in [-0.2, -0.15) is 8.78 Å². The number of hydrogen-bond donors (Lipinski definition) is 1. The fraction of sp³-hybridized carbons (Fsp3) is 0.500. The van der Waals surface area contributed by atoms with Gasteiger partial charge in [0.2, 0.25) is 0 Å². The average Bonchev–Trinajstić information content (AvgIpc) is 2.29. The molecule has 17 heavy (non-hydrogen) atoms. The van der Waals surface area contributed by atoms with E-state index in [0.29, 0.717) is 0 Å². The van der Waals surface area contributed by atoms with Crippen LogP contribution in [-0.4, -0.2) is 12.3 Å². The van der Waals surface area contributed by atoms with E-state index in [1.165, 1.54) is 12.1 Å². The molecule has 1 rings (SSSR count). The molecule has 0 amide bonds. The number of hydrogen-bond acceptors (Lipinski definition) is 1. The SMILES string of the molecule is CCCc1ccc(C(N)C(F)(F)C(F)F)cc1. The monoisotopic (exact) mass is 249 g/mol. The molecule has 0 saturated heterocycles. The van der Waals surface area contributed by atoms with Gasteiger partial charge in [0.1, 0.15) is 6.04 Å². The van der Waals surface area contributed by atoms with Crippen LogP contribution in [0.25, 0.3) is 0 Å². The van der Waals surface area contributed by atoms with Crippen LogP contribution in [-0.2, 0) is 6.42 Å². The van der Waals surface area contributed by atoms with Crippen LogP contribution < -0.4 is 5.73 Å². The molecule has 0 aliphatic carbocycles. The van der Waals surface area contributed by atoms with E-state index < -0.39 is 18.4 Å². The molecule has 0 radical (unpaired) electrons. The van der Waals surface area contributed by atoms with Crippen LogP contribution >= 0.6 is 0 Å². The van der Waals surface area contributed by atoms with Crippen LogP contribution in [0.3, 0.4) is 0 Å². The first-order valence-corrected chi connectivity index (χ1v) is 5.40. The summed E-state index contributed by atoms with van der Waals surface area (Å²) in [6, 6.07) is 4.07. The highest BCUT2D eigenvalue weighted by Gasteiger charge is 2.47. The Balaban J connectivity index is 2.86. The van der Waals surface area contributed by atoms with Gasteiger partial charge in [0.25, 0.3) is 0 Å².